The van der Waals surface area contributed by atoms with Crippen molar-refractivity contribution in [3.05, 3.63) is 62.9 Å². The van der Waals surface area contributed by atoms with Gasteiger partial charge in [0.2, 0.25) is 5.13 Å². The van der Waals surface area contributed by atoms with Crippen LogP contribution in [-0.4, -0.2) is 25.7 Å². The van der Waals surface area contributed by atoms with Crippen LogP contribution in [0.15, 0.2) is 40.5 Å². The summed E-state index contributed by atoms with van der Waals surface area (Å²) in [7, 11) is 0. The quantitative estimate of drug-likeness (QED) is 0.502. The van der Waals surface area contributed by atoms with Gasteiger partial charge in [-0.15, -0.1) is 11.3 Å². The molecule has 0 aliphatic rings. The van der Waals surface area contributed by atoms with Crippen LogP contribution in [0, 0.1) is 6.92 Å². The molecule has 0 atom stereocenters. The van der Waals surface area contributed by atoms with E-state index in [1.807, 2.05) is 0 Å². The normalized spacial score (nSPS) is 12.4. The Bertz CT molecular complexity index is 1140. The number of hydrogen-bond donors (Lipinski definition) is 2. The van der Waals surface area contributed by atoms with Gasteiger partial charge in [0.1, 0.15) is 11.3 Å². The van der Waals surface area contributed by atoms with E-state index in [2.05, 4.69) is 10.1 Å². The zero-order valence-corrected chi connectivity index (χ0v) is 15.5. The number of aliphatic hydroxyl groups excluding tert-OH is 1. The monoisotopic (exact) mass is 409 g/mol. The van der Waals surface area contributed by atoms with Crippen LogP contribution < -0.4 is 5.56 Å². The first kappa shape index (κ1) is 19.6. The van der Waals surface area contributed by atoms with Crippen LogP contribution in [0.4, 0.5) is 13.2 Å². The molecule has 10 heteroatoms. The maximum Gasteiger partial charge on any atom is 0.416 e. The molecule has 0 radical (unpaired) electrons. The van der Waals surface area contributed by atoms with Gasteiger partial charge in [0.15, 0.2) is 5.78 Å². The number of ketones is 1. The molecule has 2 aromatic heterocycles. The summed E-state index contributed by atoms with van der Waals surface area (Å²) < 4.78 is 39.8. The molecule has 1 aromatic carbocycles. The summed E-state index contributed by atoms with van der Waals surface area (Å²) in [5.74, 6) is -0.898. The minimum Gasteiger partial charge on any atom is -0.507 e. The average Bonchev–Trinajstić information content (AvgIpc) is 3.18. The number of thiazole rings is 1. The second kappa shape index (κ2) is 7.12. The first-order chi connectivity index (χ1) is 13.1. The highest BCUT2D eigenvalue weighted by molar-refractivity contribution is 7.12. The predicted molar refractivity (Wildman–Crippen MR) is 98.5 cm³/mol. The van der Waals surface area contributed by atoms with Crippen molar-refractivity contribution in [2.24, 2.45) is 0 Å². The van der Waals surface area contributed by atoms with Crippen molar-refractivity contribution >= 4 is 22.9 Å². The highest BCUT2D eigenvalue weighted by Crippen LogP contribution is 2.32. The lowest BCUT2D eigenvalue weighted by molar-refractivity contribution is -0.137. The van der Waals surface area contributed by atoms with Crippen molar-refractivity contribution in [1.82, 2.24) is 14.8 Å². The third-order valence-electron chi connectivity index (χ3n) is 3.84. The number of carbonyl (C=O) groups is 1. The fourth-order valence-electron chi connectivity index (χ4n) is 2.60. The smallest absolute Gasteiger partial charge is 0.416 e. The standard InChI is InChI=1S/C18H14F3N3O3S/c1-9(25)6-14(26)15-10(2)23-24(16(15)27)17-22-13(8-28-17)11-4-3-5-12(7-11)18(19,20)21/h3-8,23,26H,1-2H3. The Morgan fingerprint density at radius 2 is 2.07 bits per heavy atom. The lowest BCUT2D eigenvalue weighted by Gasteiger charge is -2.07. The predicted octanol–water partition coefficient (Wildman–Crippen LogP) is 4.10. The zero-order chi connectivity index (χ0) is 20.6. The van der Waals surface area contributed by atoms with Gasteiger partial charge < -0.3 is 5.11 Å². The molecule has 0 unspecified atom stereocenters. The summed E-state index contributed by atoms with van der Waals surface area (Å²) in [6, 6.07) is 4.72. The molecule has 2 heterocycles. The van der Waals surface area contributed by atoms with E-state index >= 15 is 0 Å². The van der Waals surface area contributed by atoms with Crippen LogP contribution in [-0.2, 0) is 11.0 Å². The third-order valence-corrected chi connectivity index (χ3v) is 4.66. The second-order valence-corrected chi connectivity index (χ2v) is 6.82. The summed E-state index contributed by atoms with van der Waals surface area (Å²) in [5.41, 5.74) is -0.656. The number of hydrogen-bond acceptors (Lipinski definition) is 5. The number of alkyl halides is 3. The number of H-pyrrole nitrogens is 1. The topological polar surface area (TPSA) is 88.0 Å². The van der Waals surface area contributed by atoms with Crippen molar-refractivity contribution < 1.29 is 23.1 Å². The fourth-order valence-corrected chi connectivity index (χ4v) is 3.39. The summed E-state index contributed by atoms with van der Waals surface area (Å²) in [4.78, 5) is 27.9. The number of allylic oxidation sites excluding steroid dienone is 1. The Labute approximate surface area is 160 Å². The van der Waals surface area contributed by atoms with Crippen LogP contribution >= 0.6 is 11.3 Å². The van der Waals surface area contributed by atoms with Crippen molar-refractivity contribution in [3.63, 3.8) is 0 Å². The first-order valence-electron chi connectivity index (χ1n) is 7.94. The molecular formula is C18H14F3N3O3S. The van der Waals surface area contributed by atoms with Gasteiger partial charge in [-0.3, -0.25) is 14.7 Å². The number of carbonyl (C=O) groups excluding carboxylic acids is 1. The Morgan fingerprint density at radius 1 is 1.36 bits per heavy atom. The Hall–Kier alpha value is -3.14. The van der Waals surface area contributed by atoms with Crippen molar-refractivity contribution in [2.45, 2.75) is 20.0 Å². The van der Waals surface area contributed by atoms with Crippen LogP contribution in [0.5, 0.6) is 0 Å². The third kappa shape index (κ3) is 3.77. The van der Waals surface area contributed by atoms with Gasteiger partial charge in [-0.2, -0.15) is 17.9 Å². The SMILES string of the molecule is CC(=O)C=C(O)c1c(C)[nH]n(-c2nc(-c3cccc(C(F)(F)F)c3)cs2)c1=O. The van der Waals surface area contributed by atoms with E-state index in [4.69, 9.17) is 0 Å². The largest absolute Gasteiger partial charge is 0.507 e. The zero-order valence-electron chi connectivity index (χ0n) is 14.7. The first-order valence-corrected chi connectivity index (χ1v) is 8.82. The molecular weight excluding hydrogens is 395 g/mol. The van der Waals surface area contributed by atoms with Crippen molar-refractivity contribution in [3.8, 4) is 16.4 Å². The molecule has 0 saturated carbocycles. The van der Waals surface area contributed by atoms with Crippen molar-refractivity contribution in [2.75, 3.05) is 0 Å². The second-order valence-electron chi connectivity index (χ2n) is 5.99. The Kier molecular flexibility index (Phi) is 4.99. The van der Waals surface area contributed by atoms with E-state index in [-0.39, 0.29) is 22.0 Å². The van der Waals surface area contributed by atoms with Crippen LogP contribution in [0.1, 0.15) is 23.7 Å². The molecule has 0 spiro atoms. The fraction of sp³-hybridized carbons (Fsp3) is 0.167. The highest BCUT2D eigenvalue weighted by Gasteiger charge is 2.30. The number of halogens is 3. The van der Waals surface area contributed by atoms with Gasteiger partial charge in [0.05, 0.1) is 11.3 Å². The minimum absolute atomic E-state index is 0.0778. The molecule has 0 fully saturated rings. The average molecular weight is 409 g/mol. The summed E-state index contributed by atoms with van der Waals surface area (Å²) in [6.45, 7) is 2.78. The van der Waals surface area contributed by atoms with Gasteiger partial charge in [0.25, 0.3) is 5.56 Å². The number of rotatable bonds is 4. The van der Waals surface area contributed by atoms with Gasteiger partial charge in [-0.05, 0) is 26.0 Å². The molecule has 0 aliphatic carbocycles. The maximum absolute atomic E-state index is 12.9. The molecule has 0 aliphatic heterocycles. The number of nitrogens with zero attached hydrogens (tertiary/aromatic N) is 2. The molecule has 0 saturated heterocycles. The lowest BCUT2D eigenvalue weighted by atomic mass is 10.1. The molecule has 0 amide bonds. The molecule has 6 nitrogen and oxygen atoms in total. The lowest BCUT2D eigenvalue weighted by Crippen LogP contribution is -2.17. The van der Waals surface area contributed by atoms with Gasteiger partial charge in [-0.1, -0.05) is 12.1 Å². The maximum atomic E-state index is 12.9. The van der Waals surface area contributed by atoms with E-state index in [1.54, 1.807) is 6.92 Å². The molecule has 3 rings (SSSR count). The van der Waals surface area contributed by atoms with E-state index in [0.717, 1.165) is 34.2 Å². The molecule has 28 heavy (non-hydrogen) atoms. The van der Waals surface area contributed by atoms with Gasteiger partial charge >= 0.3 is 6.18 Å². The highest BCUT2D eigenvalue weighted by atomic mass is 32.1. The number of aromatic amines is 1. The minimum atomic E-state index is -4.47. The molecule has 0 bridgehead atoms. The Morgan fingerprint density at radius 3 is 2.71 bits per heavy atom. The van der Waals surface area contributed by atoms with E-state index in [1.165, 1.54) is 24.4 Å². The van der Waals surface area contributed by atoms with Crippen LogP contribution in [0.3, 0.4) is 0 Å². The number of aryl methyl sites for hydroxylation is 1. The summed E-state index contributed by atoms with van der Waals surface area (Å²) in [5, 5.41) is 14.4. The van der Waals surface area contributed by atoms with Crippen LogP contribution in [0.25, 0.3) is 22.1 Å². The summed E-state index contributed by atoms with van der Waals surface area (Å²) >= 11 is 1.04. The van der Waals surface area contributed by atoms with E-state index in [9.17, 15) is 27.9 Å². The van der Waals surface area contributed by atoms with Crippen LogP contribution in [0.2, 0.25) is 0 Å². The number of benzene rings is 1. The number of aliphatic hydroxyl groups is 1. The number of nitrogens with one attached hydrogen (secondary N) is 1. The molecule has 2 N–H and O–H groups in total. The molecule has 146 valence electrons. The van der Waals surface area contributed by atoms with Gasteiger partial charge in [-0.25, -0.2) is 4.98 Å². The molecule has 3 aromatic rings. The van der Waals surface area contributed by atoms with E-state index in [0.29, 0.717) is 5.69 Å². The Balaban J connectivity index is 2.02. The van der Waals surface area contributed by atoms with Gasteiger partial charge in [0, 0.05) is 22.7 Å². The van der Waals surface area contributed by atoms with E-state index < -0.39 is 28.8 Å². The summed E-state index contributed by atoms with van der Waals surface area (Å²) in [6.07, 6.45) is -3.55. The number of aromatic nitrogens is 3. The van der Waals surface area contributed by atoms with Crippen molar-refractivity contribution in [1.29, 1.82) is 0 Å².